The summed E-state index contributed by atoms with van der Waals surface area (Å²) in [6.45, 7) is 3.80. The molecule has 0 bridgehead atoms. The van der Waals surface area contributed by atoms with Gasteiger partial charge >= 0.3 is 5.97 Å². The van der Waals surface area contributed by atoms with Crippen LogP contribution in [0.5, 0.6) is 0 Å². The standard InChI is InChI=1S/C10H18N6O3/c1-6(2)13-10-15-8(11-3-4-17)14-9(16-10)12-5-7(18)19/h6,17H,3-5H2,1-2H3,(H,18,19)(H3,11,12,13,14,15,16). The van der Waals surface area contributed by atoms with E-state index in [0.717, 1.165) is 0 Å². The molecule has 5 N–H and O–H groups in total. The summed E-state index contributed by atoms with van der Waals surface area (Å²) in [6, 6.07) is 0.125. The second-order valence-electron chi connectivity index (χ2n) is 4.00. The molecular formula is C10H18N6O3. The first kappa shape index (κ1) is 14.9. The Labute approximate surface area is 110 Å². The molecule has 1 aromatic rings. The maximum Gasteiger partial charge on any atom is 0.322 e. The zero-order valence-corrected chi connectivity index (χ0v) is 10.8. The number of aliphatic hydroxyl groups excluding tert-OH is 1. The number of aliphatic carboxylic acids is 1. The Bertz CT molecular complexity index is 426. The van der Waals surface area contributed by atoms with E-state index in [1.54, 1.807) is 0 Å². The molecule has 9 heteroatoms. The Morgan fingerprint density at radius 3 is 2.26 bits per heavy atom. The highest BCUT2D eigenvalue weighted by atomic mass is 16.4. The third-order valence-electron chi connectivity index (χ3n) is 1.85. The molecule has 0 spiro atoms. The monoisotopic (exact) mass is 270 g/mol. The third kappa shape index (κ3) is 5.82. The summed E-state index contributed by atoms with van der Waals surface area (Å²) in [5.41, 5.74) is 0. The lowest BCUT2D eigenvalue weighted by molar-refractivity contribution is -0.134. The van der Waals surface area contributed by atoms with Crippen molar-refractivity contribution >= 4 is 23.8 Å². The van der Waals surface area contributed by atoms with E-state index < -0.39 is 5.97 Å². The fraction of sp³-hybridized carbons (Fsp3) is 0.600. The van der Waals surface area contributed by atoms with Gasteiger partial charge in [0.2, 0.25) is 17.8 Å². The minimum atomic E-state index is -1.01. The van der Waals surface area contributed by atoms with E-state index in [2.05, 4.69) is 30.9 Å². The van der Waals surface area contributed by atoms with Gasteiger partial charge in [-0.2, -0.15) is 15.0 Å². The molecule has 106 valence electrons. The molecule has 19 heavy (non-hydrogen) atoms. The molecule has 9 nitrogen and oxygen atoms in total. The summed E-state index contributed by atoms with van der Waals surface area (Å²) in [4.78, 5) is 22.6. The average molecular weight is 270 g/mol. The third-order valence-corrected chi connectivity index (χ3v) is 1.85. The molecule has 0 aromatic carbocycles. The van der Waals surface area contributed by atoms with Crippen molar-refractivity contribution in [2.45, 2.75) is 19.9 Å². The fourth-order valence-corrected chi connectivity index (χ4v) is 1.18. The molecule has 1 aromatic heterocycles. The number of carbonyl (C=O) groups is 1. The van der Waals surface area contributed by atoms with E-state index in [4.69, 9.17) is 10.2 Å². The highest BCUT2D eigenvalue weighted by Gasteiger charge is 2.08. The first-order valence-corrected chi connectivity index (χ1v) is 5.84. The lowest BCUT2D eigenvalue weighted by Crippen LogP contribution is -2.19. The van der Waals surface area contributed by atoms with Gasteiger partial charge in [-0.15, -0.1) is 0 Å². The molecule has 0 radical (unpaired) electrons. The number of carboxylic acid groups (broad SMARTS) is 1. The van der Waals surface area contributed by atoms with E-state index in [1.807, 2.05) is 13.8 Å². The summed E-state index contributed by atoms with van der Waals surface area (Å²) in [5.74, 6) is -0.261. The lowest BCUT2D eigenvalue weighted by Gasteiger charge is -2.11. The number of aromatic nitrogens is 3. The van der Waals surface area contributed by atoms with Crippen LogP contribution >= 0.6 is 0 Å². The van der Waals surface area contributed by atoms with E-state index >= 15 is 0 Å². The van der Waals surface area contributed by atoms with Gasteiger partial charge in [0.25, 0.3) is 0 Å². The topological polar surface area (TPSA) is 132 Å². The van der Waals surface area contributed by atoms with Gasteiger partial charge in [0.05, 0.1) is 6.61 Å². The molecule has 0 aliphatic carbocycles. The Kier molecular flexibility index (Phi) is 5.73. The lowest BCUT2D eigenvalue weighted by atomic mass is 10.4. The number of hydrogen-bond donors (Lipinski definition) is 5. The molecule has 1 heterocycles. The predicted octanol–water partition coefficient (Wildman–Crippen LogP) is -0.407. The summed E-state index contributed by atoms with van der Waals surface area (Å²) >= 11 is 0. The van der Waals surface area contributed by atoms with Gasteiger partial charge in [-0.05, 0) is 13.8 Å². The highest BCUT2D eigenvalue weighted by molar-refractivity contribution is 5.72. The van der Waals surface area contributed by atoms with E-state index in [1.165, 1.54) is 0 Å². The Morgan fingerprint density at radius 2 is 1.74 bits per heavy atom. The summed E-state index contributed by atoms with van der Waals surface area (Å²) < 4.78 is 0. The Hall–Kier alpha value is -2.16. The van der Waals surface area contributed by atoms with Crippen LogP contribution in [0.25, 0.3) is 0 Å². The van der Waals surface area contributed by atoms with Crippen LogP contribution in [0.4, 0.5) is 17.8 Å². The molecule has 0 saturated heterocycles. The maximum absolute atomic E-state index is 10.5. The zero-order chi connectivity index (χ0) is 14.3. The van der Waals surface area contributed by atoms with Gasteiger partial charge in [0, 0.05) is 12.6 Å². The van der Waals surface area contributed by atoms with Gasteiger partial charge in [0.15, 0.2) is 0 Å². The second kappa shape index (κ2) is 7.31. The van der Waals surface area contributed by atoms with Gasteiger partial charge in [-0.3, -0.25) is 4.79 Å². The molecular weight excluding hydrogens is 252 g/mol. The van der Waals surface area contributed by atoms with Gasteiger partial charge in [-0.1, -0.05) is 0 Å². The molecule has 0 unspecified atom stereocenters. The predicted molar refractivity (Wildman–Crippen MR) is 70.3 cm³/mol. The first-order valence-electron chi connectivity index (χ1n) is 5.84. The molecule has 0 aliphatic heterocycles. The zero-order valence-electron chi connectivity index (χ0n) is 10.8. The molecule has 0 aliphatic rings. The number of nitrogens with one attached hydrogen (secondary N) is 3. The molecule has 0 atom stereocenters. The van der Waals surface area contributed by atoms with Crippen LogP contribution in [0.2, 0.25) is 0 Å². The quantitative estimate of drug-likeness (QED) is 0.427. The number of hydrogen-bond acceptors (Lipinski definition) is 8. The minimum absolute atomic E-state index is 0.0590. The molecule has 0 amide bonds. The van der Waals surface area contributed by atoms with Crippen molar-refractivity contribution in [3.8, 4) is 0 Å². The van der Waals surface area contributed by atoms with Crippen molar-refractivity contribution in [2.24, 2.45) is 0 Å². The Morgan fingerprint density at radius 1 is 1.16 bits per heavy atom. The Balaban J connectivity index is 2.84. The van der Waals surface area contributed by atoms with Crippen LogP contribution in [0.3, 0.4) is 0 Å². The molecule has 0 saturated carbocycles. The smallest absolute Gasteiger partial charge is 0.322 e. The summed E-state index contributed by atoms with van der Waals surface area (Å²) in [7, 11) is 0. The molecule has 1 rings (SSSR count). The van der Waals surface area contributed by atoms with Crippen molar-refractivity contribution in [2.75, 3.05) is 35.6 Å². The van der Waals surface area contributed by atoms with Gasteiger partial charge in [-0.25, -0.2) is 0 Å². The van der Waals surface area contributed by atoms with Gasteiger partial charge < -0.3 is 26.2 Å². The van der Waals surface area contributed by atoms with Gasteiger partial charge in [0.1, 0.15) is 6.54 Å². The van der Waals surface area contributed by atoms with Crippen molar-refractivity contribution in [1.82, 2.24) is 15.0 Å². The van der Waals surface area contributed by atoms with Crippen molar-refractivity contribution in [3.05, 3.63) is 0 Å². The van der Waals surface area contributed by atoms with Crippen LogP contribution in [0.15, 0.2) is 0 Å². The van der Waals surface area contributed by atoms with E-state index in [-0.39, 0.29) is 31.1 Å². The number of nitrogens with zero attached hydrogens (tertiary/aromatic N) is 3. The average Bonchev–Trinajstić information content (AvgIpc) is 2.33. The van der Waals surface area contributed by atoms with Crippen LogP contribution in [-0.4, -0.2) is 56.9 Å². The minimum Gasteiger partial charge on any atom is -0.480 e. The number of rotatable bonds is 8. The van der Waals surface area contributed by atoms with E-state index in [9.17, 15) is 4.79 Å². The van der Waals surface area contributed by atoms with Crippen molar-refractivity contribution in [3.63, 3.8) is 0 Å². The first-order chi connectivity index (χ1) is 9.01. The van der Waals surface area contributed by atoms with E-state index in [0.29, 0.717) is 12.5 Å². The van der Waals surface area contributed by atoms with Crippen molar-refractivity contribution < 1.29 is 15.0 Å². The summed E-state index contributed by atoms with van der Waals surface area (Å²) in [6.07, 6.45) is 0. The van der Waals surface area contributed by atoms with Crippen LogP contribution in [-0.2, 0) is 4.79 Å². The second-order valence-corrected chi connectivity index (χ2v) is 4.00. The number of anilines is 3. The molecule has 0 fully saturated rings. The SMILES string of the molecule is CC(C)Nc1nc(NCCO)nc(NCC(=O)O)n1. The van der Waals surface area contributed by atoms with Crippen LogP contribution in [0.1, 0.15) is 13.8 Å². The highest BCUT2D eigenvalue weighted by Crippen LogP contribution is 2.09. The maximum atomic E-state index is 10.5. The number of carboxylic acids is 1. The van der Waals surface area contributed by atoms with Crippen LogP contribution < -0.4 is 16.0 Å². The normalized spacial score (nSPS) is 10.3. The fourth-order valence-electron chi connectivity index (χ4n) is 1.18. The number of aliphatic hydroxyl groups is 1. The summed E-state index contributed by atoms with van der Waals surface area (Å²) in [5, 5.41) is 25.7. The largest absolute Gasteiger partial charge is 0.480 e. The van der Waals surface area contributed by atoms with Crippen LogP contribution in [0, 0.1) is 0 Å². The van der Waals surface area contributed by atoms with Crippen molar-refractivity contribution in [1.29, 1.82) is 0 Å².